The molecule has 18 heavy (non-hydrogen) atoms. The van der Waals surface area contributed by atoms with Crippen molar-refractivity contribution in [2.24, 2.45) is 10.8 Å². The largest absolute Gasteiger partial charge is 0.384 e. The lowest BCUT2D eigenvalue weighted by atomic mass is 9.70. The van der Waals surface area contributed by atoms with Gasteiger partial charge in [-0.3, -0.25) is 4.79 Å². The summed E-state index contributed by atoms with van der Waals surface area (Å²) >= 11 is 0. The molecule has 1 amide bonds. The zero-order valence-electron chi connectivity index (χ0n) is 11.7. The number of methoxy groups -OCH3 is 1. The molecule has 0 spiro atoms. The molecule has 0 atom stereocenters. The third-order valence-corrected chi connectivity index (χ3v) is 4.70. The Morgan fingerprint density at radius 1 is 1.28 bits per heavy atom. The lowest BCUT2D eigenvalue weighted by Crippen LogP contribution is -2.52. The summed E-state index contributed by atoms with van der Waals surface area (Å²) in [5.41, 5.74) is 0.0386. The van der Waals surface area contributed by atoms with Crippen LogP contribution in [0.15, 0.2) is 0 Å². The first-order valence-electron chi connectivity index (χ1n) is 7.08. The SMILES string of the molecule is COCC1(C(=O)NCC2(C)CCC2)CCNCC1. The summed E-state index contributed by atoms with van der Waals surface area (Å²) in [5, 5.41) is 6.49. The smallest absolute Gasteiger partial charge is 0.228 e. The third-order valence-electron chi connectivity index (χ3n) is 4.70. The van der Waals surface area contributed by atoms with Gasteiger partial charge in [-0.2, -0.15) is 0 Å². The Balaban J connectivity index is 1.90. The minimum absolute atomic E-state index is 0.193. The number of carbonyl (C=O) groups excluding carboxylic acids is 1. The predicted octanol–water partition coefficient (Wildman–Crippen LogP) is 1.31. The highest BCUT2D eigenvalue weighted by Crippen LogP contribution is 2.40. The van der Waals surface area contributed by atoms with E-state index >= 15 is 0 Å². The highest BCUT2D eigenvalue weighted by molar-refractivity contribution is 5.83. The van der Waals surface area contributed by atoms with E-state index in [-0.39, 0.29) is 11.3 Å². The molecule has 0 bridgehead atoms. The molecule has 1 aliphatic carbocycles. The van der Waals surface area contributed by atoms with E-state index in [1.54, 1.807) is 7.11 Å². The molecule has 0 aromatic carbocycles. The number of amides is 1. The number of carbonyl (C=O) groups is 1. The average molecular weight is 254 g/mol. The normalized spacial score (nSPS) is 25.2. The van der Waals surface area contributed by atoms with Crippen molar-refractivity contribution < 1.29 is 9.53 Å². The minimum atomic E-state index is -0.305. The molecule has 1 saturated carbocycles. The van der Waals surface area contributed by atoms with Crippen molar-refractivity contribution in [1.82, 2.24) is 10.6 Å². The van der Waals surface area contributed by atoms with Crippen LogP contribution in [0.5, 0.6) is 0 Å². The molecule has 4 heteroatoms. The topological polar surface area (TPSA) is 50.4 Å². The third kappa shape index (κ3) is 2.86. The fourth-order valence-electron chi connectivity index (χ4n) is 3.06. The molecule has 4 nitrogen and oxygen atoms in total. The van der Waals surface area contributed by atoms with Gasteiger partial charge in [-0.05, 0) is 44.2 Å². The lowest BCUT2D eigenvalue weighted by Gasteiger charge is -2.41. The molecule has 1 aliphatic heterocycles. The summed E-state index contributed by atoms with van der Waals surface area (Å²) in [6.07, 6.45) is 5.55. The van der Waals surface area contributed by atoms with Gasteiger partial charge in [0, 0.05) is 13.7 Å². The molecule has 2 rings (SSSR count). The zero-order valence-corrected chi connectivity index (χ0v) is 11.7. The number of hydrogen-bond acceptors (Lipinski definition) is 3. The maximum absolute atomic E-state index is 12.5. The summed E-state index contributed by atoms with van der Waals surface area (Å²) in [6, 6.07) is 0. The second-order valence-corrected chi connectivity index (χ2v) is 6.31. The molecular weight excluding hydrogens is 228 g/mol. The fourth-order valence-corrected chi connectivity index (χ4v) is 3.06. The van der Waals surface area contributed by atoms with Crippen LogP contribution in [0.3, 0.4) is 0 Å². The van der Waals surface area contributed by atoms with Crippen molar-refractivity contribution in [3.8, 4) is 0 Å². The van der Waals surface area contributed by atoms with Gasteiger partial charge in [0.1, 0.15) is 0 Å². The maximum atomic E-state index is 12.5. The zero-order chi connectivity index (χ0) is 13.1. The van der Waals surface area contributed by atoms with Crippen molar-refractivity contribution in [3.05, 3.63) is 0 Å². The number of ether oxygens (including phenoxy) is 1. The van der Waals surface area contributed by atoms with Crippen LogP contribution in [-0.2, 0) is 9.53 Å². The summed E-state index contributed by atoms with van der Waals surface area (Å²) in [6.45, 7) is 5.45. The number of rotatable bonds is 5. The monoisotopic (exact) mass is 254 g/mol. The molecular formula is C14H26N2O2. The van der Waals surface area contributed by atoms with Crippen molar-refractivity contribution in [2.45, 2.75) is 39.0 Å². The molecule has 0 unspecified atom stereocenters. The number of nitrogens with one attached hydrogen (secondary N) is 2. The van der Waals surface area contributed by atoms with E-state index in [4.69, 9.17) is 4.74 Å². The van der Waals surface area contributed by atoms with E-state index < -0.39 is 0 Å². The van der Waals surface area contributed by atoms with Crippen LogP contribution in [-0.4, -0.2) is 39.3 Å². The van der Waals surface area contributed by atoms with Crippen LogP contribution < -0.4 is 10.6 Å². The van der Waals surface area contributed by atoms with Gasteiger partial charge in [0.15, 0.2) is 0 Å². The molecule has 1 saturated heterocycles. The van der Waals surface area contributed by atoms with Crippen molar-refractivity contribution >= 4 is 5.91 Å². The lowest BCUT2D eigenvalue weighted by molar-refractivity contribution is -0.137. The Labute approximate surface area is 110 Å². The molecule has 0 aromatic heterocycles. The molecule has 2 N–H and O–H groups in total. The van der Waals surface area contributed by atoms with Gasteiger partial charge in [0.2, 0.25) is 5.91 Å². The van der Waals surface area contributed by atoms with E-state index in [2.05, 4.69) is 17.6 Å². The minimum Gasteiger partial charge on any atom is -0.384 e. The molecule has 0 aromatic rings. The highest BCUT2D eigenvalue weighted by atomic mass is 16.5. The quantitative estimate of drug-likeness (QED) is 0.778. The van der Waals surface area contributed by atoms with Crippen molar-refractivity contribution in [1.29, 1.82) is 0 Å². The van der Waals surface area contributed by atoms with E-state index in [1.807, 2.05) is 0 Å². The van der Waals surface area contributed by atoms with Crippen LogP contribution in [0.1, 0.15) is 39.0 Å². The van der Waals surface area contributed by atoms with Gasteiger partial charge in [-0.25, -0.2) is 0 Å². The maximum Gasteiger partial charge on any atom is 0.228 e. The van der Waals surface area contributed by atoms with Gasteiger partial charge in [0.25, 0.3) is 0 Å². The van der Waals surface area contributed by atoms with E-state index in [1.165, 1.54) is 19.3 Å². The van der Waals surface area contributed by atoms with Crippen LogP contribution >= 0.6 is 0 Å². The Hall–Kier alpha value is -0.610. The number of hydrogen-bond donors (Lipinski definition) is 2. The molecule has 2 aliphatic rings. The summed E-state index contributed by atoms with van der Waals surface area (Å²) < 4.78 is 5.29. The van der Waals surface area contributed by atoms with Gasteiger partial charge in [-0.1, -0.05) is 13.3 Å². The van der Waals surface area contributed by atoms with E-state index in [0.717, 1.165) is 32.5 Å². The second-order valence-electron chi connectivity index (χ2n) is 6.31. The number of piperidine rings is 1. The van der Waals surface area contributed by atoms with Crippen LogP contribution in [0.25, 0.3) is 0 Å². The van der Waals surface area contributed by atoms with Crippen LogP contribution in [0.4, 0.5) is 0 Å². The predicted molar refractivity (Wildman–Crippen MR) is 71.4 cm³/mol. The molecule has 1 heterocycles. The van der Waals surface area contributed by atoms with E-state index in [9.17, 15) is 4.79 Å². The van der Waals surface area contributed by atoms with Crippen LogP contribution in [0.2, 0.25) is 0 Å². The van der Waals surface area contributed by atoms with Gasteiger partial charge >= 0.3 is 0 Å². The second kappa shape index (κ2) is 5.57. The summed E-state index contributed by atoms with van der Waals surface area (Å²) in [5.74, 6) is 0.193. The first-order valence-corrected chi connectivity index (χ1v) is 7.08. The molecule has 2 fully saturated rings. The first-order chi connectivity index (χ1) is 8.60. The van der Waals surface area contributed by atoms with Gasteiger partial charge in [-0.15, -0.1) is 0 Å². The molecule has 0 radical (unpaired) electrons. The standard InChI is InChI=1S/C14H26N2O2/c1-13(4-3-5-13)10-16-12(17)14(11-18-2)6-8-15-9-7-14/h15H,3-11H2,1-2H3,(H,16,17). The van der Waals surface area contributed by atoms with E-state index in [0.29, 0.717) is 12.0 Å². The molecule has 104 valence electrons. The van der Waals surface area contributed by atoms with Gasteiger partial charge < -0.3 is 15.4 Å². The Kier molecular flexibility index (Phi) is 4.28. The van der Waals surface area contributed by atoms with Crippen molar-refractivity contribution in [3.63, 3.8) is 0 Å². The Morgan fingerprint density at radius 3 is 2.44 bits per heavy atom. The Bertz CT molecular complexity index is 289. The fraction of sp³-hybridized carbons (Fsp3) is 0.929. The van der Waals surface area contributed by atoms with Crippen molar-refractivity contribution in [2.75, 3.05) is 33.4 Å². The average Bonchev–Trinajstić information content (AvgIpc) is 2.35. The first kappa shape index (κ1) is 13.8. The van der Waals surface area contributed by atoms with Gasteiger partial charge in [0.05, 0.1) is 12.0 Å². The Morgan fingerprint density at radius 2 is 1.94 bits per heavy atom. The van der Waals surface area contributed by atoms with Crippen LogP contribution in [0, 0.1) is 10.8 Å². The summed E-state index contributed by atoms with van der Waals surface area (Å²) in [7, 11) is 1.68. The summed E-state index contributed by atoms with van der Waals surface area (Å²) in [4.78, 5) is 12.5. The highest BCUT2D eigenvalue weighted by Gasteiger charge is 2.41.